The van der Waals surface area contributed by atoms with E-state index in [0.717, 1.165) is 6.07 Å². The van der Waals surface area contributed by atoms with E-state index in [0.29, 0.717) is 5.56 Å². The molecule has 0 fully saturated rings. The molecule has 1 rings (SSSR count). The highest BCUT2D eigenvalue weighted by Crippen LogP contribution is 2.29. The van der Waals surface area contributed by atoms with Crippen molar-refractivity contribution in [1.82, 2.24) is 4.98 Å². The second kappa shape index (κ2) is 3.72. The Labute approximate surface area is 82.5 Å². The molecule has 1 aromatic heterocycles. The molecule has 0 saturated heterocycles. The van der Waals surface area contributed by atoms with Crippen molar-refractivity contribution in [2.45, 2.75) is 12.1 Å². The van der Waals surface area contributed by atoms with Crippen LogP contribution >= 0.6 is 23.2 Å². The van der Waals surface area contributed by atoms with Gasteiger partial charge in [-0.05, 0) is 6.07 Å². The molecule has 13 heavy (non-hydrogen) atoms. The Morgan fingerprint density at radius 1 is 1.31 bits per heavy atom. The molecule has 0 amide bonds. The number of nitrogens with zero attached hydrogens (tertiary/aromatic N) is 1. The summed E-state index contributed by atoms with van der Waals surface area (Å²) in [5.41, 5.74) is -0.622. The molecule has 0 aliphatic rings. The standard InChI is InChI=1S/C7H4Cl2F3N/c8-3-4-1-2-5(7(10,11)12)13-6(4)9/h1-2H,3H2. The minimum Gasteiger partial charge on any atom is -0.231 e. The maximum absolute atomic E-state index is 12.0. The lowest BCUT2D eigenvalue weighted by Gasteiger charge is -2.06. The van der Waals surface area contributed by atoms with E-state index in [1.807, 2.05) is 0 Å². The largest absolute Gasteiger partial charge is 0.433 e. The Kier molecular flexibility index (Phi) is 3.03. The van der Waals surface area contributed by atoms with Gasteiger partial charge in [0.2, 0.25) is 0 Å². The molecule has 0 atom stereocenters. The van der Waals surface area contributed by atoms with Crippen LogP contribution in [0.3, 0.4) is 0 Å². The van der Waals surface area contributed by atoms with Gasteiger partial charge in [0.1, 0.15) is 10.8 Å². The van der Waals surface area contributed by atoms with Gasteiger partial charge in [0.05, 0.1) is 5.88 Å². The molecule has 1 heterocycles. The van der Waals surface area contributed by atoms with Crippen LogP contribution in [0.2, 0.25) is 5.15 Å². The van der Waals surface area contributed by atoms with Crippen molar-refractivity contribution in [2.24, 2.45) is 0 Å². The third kappa shape index (κ3) is 2.48. The van der Waals surface area contributed by atoms with E-state index in [1.54, 1.807) is 0 Å². The number of hydrogen-bond acceptors (Lipinski definition) is 1. The molecule has 0 aliphatic heterocycles. The summed E-state index contributed by atoms with van der Waals surface area (Å²) in [6.07, 6.45) is -4.46. The van der Waals surface area contributed by atoms with E-state index in [-0.39, 0.29) is 11.0 Å². The van der Waals surface area contributed by atoms with E-state index >= 15 is 0 Å². The molecular formula is C7H4Cl2F3N. The summed E-state index contributed by atoms with van der Waals surface area (Å²) in [6.45, 7) is 0. The van der Waals surface area contributed by atoms with Crippen molar-refractivity contribution < 1.29 is 13.2 Å². The maximum Gasteiger partial charge on any atom is 0.433 e. The predicted molar refractivity (Wildman–Crippen MR) is 43.8 cm³/mol. The first-order chi connectivity index (χ1) is 5.95. The van der Waals surface area contributed by atoms with Crippen LogP contribution in [0.5, 0.6) is 0 Å². The SMILES string of the molecule is FC(F)(F)c1ccc(CCl)c(Cl)n1. The van der Waals surface area contributed by atoms with Crippen LogP contribution in [-0.2, 0) is 12.1 Å². The smallest absolute Gasteiger partial charge is 0.231 e. The van der Waals surface area contributed by atoms with Crippen LogP contribution in [-0.4, -0.2) is 4.98 Å². The second-order valence-corrected chi connectivity index (χ2v) is 2.90. The first-order valence-electron chi connectivity index (χ1n) is 3.23. The zero-order chi connectivity index (χ0) is 10.1. The molecule has 0 N–H and O–H groups in total. The van der Waals surface area contributed by atoms with Crippen LogP contribution in [0.4, 0.5) is 13.2 Å². The molecular weight excluding hydrogens is 226 g/mol. The van der Waals surface area contributed by atoms with E-state index in [2.05, 4.69) is 4.98 Å². The van der Waals surface area contributed by atoms with Gasteiger partial charge in [-0.2, -0.15) is 13.2 Å². The summed E-state index contributed by atoms with van der Waals surface area (Å²) < 4.78 is 36.1. The minimum atomic E-state index is -4.46. The Balaban J connectivity index is 3.10. The van der Waals surface area contributed by atoms with Crippen molar-refractivity contribution in [3.05, 3.63) is 28.5 Å². The highest BCUT2D eigenvalue weighted by Gasteiger charge is 2.32. The van der Waals surface area contributed by atoms with Gasteiger partial charge in [0.25, 0.3) is 0 Å². The zero-order valence-corrected chi connectivity index (χ0v) is 7.71. The van der Waals surface area contributed by atoms with Gasteiger partial charge in [-0.1, -0.05) is 17.7 Å². The average Bonchev–Trinajstić information content (AvgIpc) is 2.02. The van der Waals surface area contributed by atoms with E-state index in [9.17, 15) is 13.2 Å². The third-order valence-corrected chi connectivity index (χ3v) is 1.98. The fourth-order valence-electron chi connectivity index (χ4n) is 0.721. The lowest BCUT2D eigenvalue weighted by atomic mass is 10.3. The fraction of sp³-hybridized carbons (Fsp3) is 0.286. The Morgan fingerprint density at radius 3 is 2.31 bits per heavy atom. The Hall–Kier alpha value is -0.480. The summed E-state index contributed by atoms with van der Waals surface area (Å²) in [5.74, 6) is 0.0456. The van der Waals surface area contributed by atoms with Crippen molar-refractivity contribution >= 4 is 23.2 Å². The van der Waals surface area contributed by atoms with Crippen molar-refractivity contribution in [3.63, 3.8) is 0 Å². The van der Waals surface area contributed by atoms with Crippen LogP contribution in [0, 0.1) is 0 Å². The molecule has 1 nitrogen and oxygen atoms in total. The molecule has 0 aliphatic carbocycles. The maximum atomic E-state index is 12.0. The molecule has 0 saturated carbocycles. The van der Waals surface area contributed by atoms with Crippen LogP contribution < -0.4 is 0 Å². The number of hydrogen-bond donors (Lipinski definition) is 0. The molecule has 72 valence electrons. The van der Waals surface area contributed by atoms with E-state index in [1.165, 1.54) is 6.07 Å². The molecule has 0 radical (unpaired) electrons. The topological polar surface area (TPSA) is 12.9 Å². The van der Waals surface area contributed by atoms with Gasteiger partial charge >= 0.3 is 6.18 Å². The van der Waals surface area contributed by atoms with Gasteiger partial charge in [0, 0.05) is 5.56 Å². The van der Waals surface area contributed by atoms with Crippen molar-refractivity contribution in [1.29, 1.82) is 0 Å². The Bertz CT molecular complexity index is 311. The molecule has 6 heteroatoms. The van der Waals surface area contributed by atoms with Crippen LogP contribution in [0.1, 0.15) is 11.3 Å². The number of halogens is 5. The van der Waals surface area contributed by atoms with Crippen LogP contribution in [0.25, 0.3) is 0 Å². The number of pyridine rings is 1. The number of alkyl halides is 4. The molecule has 0 spiro atoms. The minimum absolute atomic E-state index is 0.0456. The van der Waals surface area contributed by atoms with Gasteiger partial charge in [-0.15, -0.1) is 11.6 Å². The molecule has 1 aromatic rings. The first kappa shape index (κ1) is 10.6. The van der Waals surface area contributed by atoms with Gasteiger partial charge in [-0.25, -0.2) is 4.98 Å². The lowest BCUT2D eigenvalue weighted by molar-refractivity contribution is -0.141. The van der Waals surface area contributed by atoms with Crippen molar-refractivity contribution in [3.8, 4) is 0 Å². The van der Waals surface area contributed by atoms with E-state index in [4.69, 9.17) is 23.2 Å². The second-order valence-electron chi connectivity index (χ2n) is 2.28. The molecule has 0 aromatic carbocycles. The predicted octanol–water partition coefficient (Wildman–Crippen LogP) is 3.49. The monoisotopic (exact) mass is 229 g/mol. The van der Waals surface area contributed by atoms with Gasteiger partial charge in [0.15, 0.2) is 0 Å². The third-order valence-electron chi connectivity index (χ3n) is 1.36. The van der Waals surface area contributed by atoms with Crippen LogP contribution in [0.15, 0.2) is 12.1 Å². The lowest BCUT2D eigenvalue weighted by Crippen LogP contribution is -2.08. The Morgan fingerprint density at radius 2 is 1.92 bits per heavy atom. The summed E-state index contributed by atoms with van der Waals surface area (Å²) in [4.78, 5) is 3.17. The summed E-state index contributed by atoms with van der Waals surface area (Å²) in [5, 5.41) is -0.204. The number of rotatable bonds is 1. The molecule has 0 bridgehead atoms. The highest BCUT2D eigenvalue weighted by molar-refractivity contribution is 6.31. The summed E-state index contributed by atoms with van der Waals surface area (Å²) in [6, 6.07) is 2.06. The van der Waals surface area contributed by atoms with E-state index < -0.39 is 11.9 Å². The zero-order valence-electron chi connectivity index (χ0n) is 6.20. The van der Waals surface area contributed by atoms with Gasteiger partial charge < -0.3 is 0 Å². The first-order valence-corrected chi connectivity index (χ1v) is 4.15. The fourth-order valence-corrected chi connectivity index (χ4v) is 1.23. The highest BCUT2D eigenvalue weighted by atomic mass is 35.5. The van der Waals surface area contributed by atoms with Crippen molar-refractivity contribution in [2.75, 3.05) is 0 Å². The summed E-state index contributed by atoms with van der Waals surface area (Å²) in [7, 11) is 0. The average molecular weight is 230 g/mol. The van der Waals surface area contributed by atoms with Gasteiger partial charge in [-0.3, -0.25) is 0 Å². The summed E-state index contributed by atoms with van der Waals surface area (Å²) >= 11 is 10.8. The molecule has 0 unspecified atom stereocenters. The normalized spacial score (nSPS) is 11.8. The number of aromatic nitrogens is 1. The quantitative estimate of drug-likeness (QED) is 0.531.